The van der Waals surface area contributed by atoms with Gasteiger partial charge >= 0.3 is 0 Å². The molecule has 214 valence electrons. The van der Waals surface area contributed by atoms with Crippen LogP contribution in [0, 0.1) is 0 Å². The van der Waals surface area contributed by atoms with Crippen molar-refractivity contribution in [2.24, 2.45) is 0 Å². The molecule has 0 aliphatic carbocycles. The molecule has 0 unspecified atom stereocenters. The summed E-state index contributed by atoms with van der Waals surface area (Å²) in [6.45, 7) is 0.236. The van der Waals surface area contributed by atoms with Gasteiger partial charge in [0.05, 0.1) is 0 Å². The zero-order valence-corrected chi connectivity index (χ0v) is 26.8. The molecule has 0 saturated carbocycles. The molecule has 0 N–H and O–H groups in total. The van der Waals surface area contributed by atoms with Crippen molar-refractivity contribution in [2.45, 2.75) is 19.6 Å². The Morgan fingerprint density at radius 1 is 0.435 bits per heavy atom. The number of rotatable bonds is 3. The minimum Gasteiger partial charge on any atom is -0.208 e. The number of aromatic nitrogens is 3. The molecule has 0 fully saturated rings. The van der Waals surface area contributed by atoms with Crippen LogP contribution in [0.2, 0.25) is 0 Å². The van der Waals surface area contributed by atoms with E-state index >= 15 is 0 Å². The first-order valence-electron chi connectivity index (χ1n) is 15.2. The standard InChI is InChI=1S/C39H22BN3S3/c1-3-11-23(12-4-1)37-41-38(24-13-5-2-6-14-24)43-39(42-37)27-16-9-15-25-26-21-22-29-36(35(26)46-34(25)27)45-32-20-10-19-31-33(32)40(29)28-17-7-8-18-30(28)44-31/h1-22H. The number of hydrogen-bond donors (Lipinski definition) is 0. The molecule has 10 rings (SSSR count). The lowest BCUT2D eigenvalue weighted by Gasteiger charge is -2.32. The molecule has 8 aromatic rings. The summed E-state index contributed by atoms with van der Waals surface area (Å²) in [7, 11) is 0. The van der Waals surface area contributed by atoms with Crippen LogP contribution in [0.1, 0.15) is 0 Å². The lowest BCUT2D eigenvalue weighted by Crippen LogP contribution is -2.57. The molecule has 46 heavy (non-hydrogen) atoms. The van der Waals surface area contributed by atoms with E-state index in [-0.39, 0.29) is 6.71 Å². The van der Waals surface area contributed by atoms with E-state index in [1.165, 1.54) is 56.1 Å². The van der Waals surface area contributed by atoms with Crippen molar-refractivity contribution < 1.29 is 0 Å². The van der Waals surface area contributed by atoms with Crippen LogP contribution in [0.3, 0.4) is 0 Å². The van der Waals surface area contributed by atoms with Crippen molar-refractivity contribution in [3.05, 3.63) is 133 Å². The highest BCUT2D eigenvalue weighted by Gasteiger charge is 2.38. The van der Waals surface area contributed by atoms with Crippen molar-refractivity contribution >= 4 is 78.1 Å². The maximum Gasteiger partial charge on any atom is 0.247 e. The zero-order valence-electron chi connectivity index (χ0n) is 24.3. The number of fused-ring (bicyclic) bond motifs is 8. The summed E-state index contributed by atoms with van der Waals surface area (Å²) >= 11 is 5.69. The summed E-state index contributed by atoms with van der Waals surface area (Å²) in [5, 5.41) is 2.52. The number of hydrogen-bond acceptors (Lipinski definition) is 6. The molecule has 0 bridgehead atoms. The Hall–Kier alpha value is -4.69. The molecule has 3 nitrogen and oxygen atoms in total. The third-order valence-electron chi connectivity index (χ3n) is 8.88. The van der Waals surface area contributed by atoms with Gasteiger partial charge in [-0.15, -0.1) is 11.3 Å². The Bertz CT molecular complexity index is 2440. The van der Waals surface area contributed by atoms with Gasteiger partial charge in [0.15, 0.2) is 17.5 Å². The second-order valence-corrected chi connectivity index (χ2v) is 14.7. The van der Waals surface area contributed by atoms with Gasteiger partial charge in [-0.25, -0.2) is 15.0 Å². The van der Waals surface area contributed by atoms with Gasteiger partial charge in [0, 0.05) is 56.4 Å². The smallest absolute Gasteiger partial charge is 0.208 e. The van der Waals surface area contributed by atoms with Gasteiger partial charge in [-0.1, -0.05) is 144 Å². The maximum atomic E-state index is 5.08. The highest BCUT2D eigenvalue weighted by Crippen LogP contribution is 2.46. The quantitative estimate of drug-likeness (QED) is 0.181. The van der Waals surface area contributed by atoms with Crippen LogP contribution < -0.4 is 16.4 Å². The van der Waals surface area contributed by atoms with E-state index in [0.717, 1.165) is 16.7 Å². The molecule has 0 saturated heterocycles. The van der Waals surface area contributed by atoms with Crippen molar-refractivity contribution in [2.75, 3.05) is 0 Å². The minimum atomic E-state index is 0.236. The largest absolute Gasteiger partial charge is 0.247 e. The predicted octanol–water partition coefficient (Wildman–Crippen LogP) is 8.69. The van der Waals surface area contributed by atoms with E-state index in [0.29, 0.717) is 17.5 Å². The second-order valence-electron chi connectivity index (χ2n) is 11.5. The molecule has 6 aromatic carbocycles. The normalized spacial score (nSPS) is 13.0. The van der Waals surface area contributed by atoms with Gasteiger partial charge in [-0.2, -0.15) is 0 Å². The number of benzene rings is 6. The second kappa shape index (κ2) is 10.4. The van der Waals surface area contributed by atoms with Crippen LogP contribution in [-0.2, 0) is 0 Å². The first kappa shape index (κ1) is 26.5. The Labute approximate surface area is 278 Å². The summed E-state index contributed by atoms with van der Waals surface area (Å²) in [6.07, 6.45) is 0. The van der Waals surface area contributed by atoms with Gasteiger partial charge in [-0.05, 0) is 29.7 Å². The molecule has 2 aliphatic heterocycles. The van der Waals surface area contributed by atoms with E-state index < -0.39 is 0 Å². The lowest BCUT2D eigenvalue weighted by molar-refractivity contribution is 1.08. The fourth-order valence-electron chi connectivity index (χ4n) is 6.80. The first-order chi connectivity index (χ1) is 22.8. The predicted molar refractivity (Wildman–Crippen MR) is 195 cm³/mol. The first-order valence-corrected chi connectivity index (χ1v) is 17.7. The van der Waals surface area contributed by atoms with E-state index in [1.807, 2.05) is 71.3 Å². The molecule has 2 aliphatic rings. The summed E-state index contributed by atoms with van der Waals surface area (Å²) < 4.78 is 2.53. The number of nitrogens with zero attached hydrogens (tertiary/aromatic N) is 3. The molecule has 7 heteroatoms. The summed E-state index contributed by atoms with van der Waals surface area (Å²) in [6, 6.07) is 47.3. The summed E-state index contributed by atoms with van der Waals surface area (Å²) in [5.74, 6) is 2.05. The average Bonchev–Trinajstić information content (AvgIpc) is 3.52. The van der Waals surface area contributed by atoms with Crippen LogP contribution >= 0.6 is 34.9 Å². The van der Waals surface area contributed by atoms with Gasteiger partial charge in [0.25, 0.3) is 0 Å². The van der Waals surface area contributed by atoms with Crippen molar-refractivity contribution in [1.29, 1.82) is 0 Å². The van der Waals surface area contributed by atoms with E-state index in [4.69, 9.17) is 15.0 Å². The molecule has 0 amide bonds. The fourth-order valence-corrected chi connectivity index (χ4v) is 10.8. The van der Waals surface area contributed by atoms with Crippen LogP contribution in [-0.4, -0.2) is 21.7 Å². The molecule has 2 aromatic heterocycles. The van der Waals surface area contributed by atoms with Crippen LogP contribution in [0.25, 0.3) is 54.3 Å². The van der Waals surface area contributed by atoms with Gasteiger partial charge in [-0.3, -0.25) is 0 Å². The zero-order chi connectivity index (χ0) is 30.2. The summed E-state index contributed by atoms with van der Waals surface area (Å²) in [5.41, 5.74) is 7.24. The summed E-state index contributed by atoms with van der Waals surface area (Å²) in [4.78, 5) is 20.5. The van der Waals surface area contributed by atoms with Gasteiger partial charge < -0.3 is 0 Å². The Kier molecular flexibility index (Phi) is 6.01. The monoisotopic (exact) mass is 639 g/mol. The van der Waals surface area contributed by atoms with Crippen LogP contribution in [0.4, 0.5) is 0 Å². The minimum absolute atomic E-state index is 0.236. The van der Waals surface area contributed by atoms with E-state index in [9.17, 15) is 0 Å². The average molecular weight is 640 g/mol. The topological polar surface area (TPSA) is 38.7 Å². The molecular formula is C39H22BN3S3. The lowest BCUT2D eigenvalue weighted by atomic mass is 9.36. The Morgan fingerprint density at radius 2 is 1.04 bits per heavy atom. The highest BCUT2D eigenvalue weighted by molar-refractivity contribution is 8.01. The van der Waals surface area contributed by atoms with E-state index in [2.05, 4.69) is 97.1 Å². The third-order valence-corrected chi connectivity index (χ3v) is 12.7. The fraction of sp³-hybridized carbons (Fsp3) is 0. The van der Waals surface area contributed by atoms with Crippen molar-refractivity contribution in [3.8, 4) is 34.2 Å². The van der Waals surface area contributed by atoms with Crippen molar-refractivity contribution in [3.63, 3.8) is 0 Å². The maximum absolute atomic E-state index is 5.08. The van der Waals surface area contributed by atoms with E-state index in [1.54, 1.807) is 0 Å². The molecule has 4 heterocycles. The van der Waals surface area contributed by atoms with Crippen LogP contribution in [0.5, 0.6) is 0 Å². The number of thiophene rings is 1. The van der Waals surface area contributed by atoms with Gasteiger partial charge in [0.1, 0.15) is 0 Å². The molecular weight excluding hydrogens is 617 g/mol. The van der Waals surface area contributed by atoms with Crippen LogP contribution in [0.15, 0.2) is 153 Å². The molecule has 0 spiro atoms. The molecule has 0 radical (unpaired) electrons. The Morgan fingerprint density at radius 3 is 1.80 bits per heavy atom. The van der Waals surface area contributed by atoms with Gasteiger partial charge in [0.2, 0.25) is 6.71 Å². The third kappa shape index (κ3) is 4.05. The Balaban J connectivity index is 1.20. The molecule has 0 atom stereocenters. The SMILES string of the molecule is c1ccc(-c2nc(-c3ccccc3)nc(-c3cccc4c3sc3c5c(ccc34)B3c4ccccc4Sc4cccc(c43)S5)n2)cc1. The van der Waals surface area contributed by atoms with Crippen molar-refractivity contribution in [1.82, 2.24) is 15.0 Å². The highest BCUT2D eigenvalue weighted by atomic mass is 32.2.